The van der Waals surface area contributed by atoms with Crippen molar-refractivity contribution < 1.29 is 32.8 Å². The number of esters is 1. The fraction of sp³-hybridized carbons (Fsp3) is 0.970. The third-order valence-electron chi connectivity index (χ3n) is 7.58. The van der Waals surface area contributed by atoms with E-state index >= 15 is 0 Å². The summed E-state index contributed by atoms with van der Waals surface area (Å²) in [4.78, 5) is 21.3. The summed E-state index contributed by atoms with van der Waals surface area (Å²) in [6.07, 6.45) is 30.7. The maximum atomic E-state index is 11.8. The number of hydrogen-bond donors (Lipinski definition) is 2. The number of phosphoric ester groups is 1. The minimum Gasteiger partial charge on any atom is -0.457 e. The Morgan fingerprint density at radius 3 is 1.40 bits per heavy atom. The van der Waals surface area contributed by atoms with Gasteiger partial charge in [0.05, 0.1) is 19.8 Å². The predicted octanol–water partition coefficient (Wildman–Crippen LogP) is 9.41. The number of carbonyl (C=O) groups is 1. The third kappa shape index (κ3) is 30.9. The Morgan fingerprint density at radius 1 is 0.619 bits per heavy atom. The lowest BCUT2D eigenvalue weighted by Crippen LogP contribution is -2.28. The van der Waals surface area contributed by atoms with Crippen molar-refractivity contribution in [3.8, 4) is 0 Å². The van der Waals surface area contributed by atoms with Crippen LogP contribution in [-0.2, 0) is 27.9 Å². The van der Waals surface area contributed by atoms with Gasteiger partial charge in [0.25, 0.3) is 0 Å². The Kier molecular flexibility index (Phi) is 31.5. The predicted molar refractivity (Wildman–Crippen MR) is 174 cm³/mol. The van der Waals surface area contributed by atoms with E-state index in [0.29, 0.717) is 6.61 Å². The first-order valence-corrected chi connectivity index (χ1v) is 19.0. The van der Waals surface area contributed by atoms with Gasteiger partial charge in [0.2, 0.25) is 0 Å². The van der Waals surface area contributed by atoms with Crippen molar-refractivity contribution in [2.75, 3.05) is 33.0 Å². The van der Waals surface area contributed by atoms with Crippen LogP contribution in [0.2, 0.25) is 0 Å². The molecule has 0 amide bonds. The zero-order valence-electron chi connectivity index (χ0n) is 27.5. The molecule has 0 aliphatic heterocycles. The van der Waals surface area contributed by atoms with Crippen molar-refractivity contribution in [3.05, 3.63) is 0 Å². The zero-order chi connectivity index (χ0) is 31.0. The lowest BCUT2D eigenvalue weighted by molar-refractivity contribution is -0.154. The van der Waals surface area contributed by atoms with E-state index in [2.05, 4.69) is 6.92 Å². The summed E-state index contributed by atoms with van der Waals surface area (Å²) in [6, 6.07) is 0. The van der Waals surface area contributed by atoms with Gasteiger partial charge in [-0.1, -0.05) is 155 Å². The summed E-state index contributed by atoms with van der Waals surface area (Å²) in [5.74, 6) is -0.414. The van der Waals surface area contributed by atoms with E-state index in [1.165, 1.54) is 135 Å². The second-order valence-corrected chi connectivity index (χ2v) is 13.2. The molecule has 2 atom stereocenters. The van der Waals surface area contributed by atoms with Gasteiger partial charge >= 0.3 is 13.8 Å². The van der Waals surface area contributed by atoms with Crippen molar-refractivity contribution in [2.45, 2.75) is 174 Å². The number of phosphoric acid groups is 1. The molecule has 2 unspecified atom stereocenters. The van der Waals surface area contributed by atoms with Gasteiger partial charge in [0.1, 0.15) is 6.10 Å². The van der Waals surface area contributed by atoms with Crippen molar-refractivity contribution in [3.63, 3.8) is 0 Å². The molecule has 0 aromatic heterocycles. The molecule has 0 fully saturated rings. The highest BCUT2D eigenvalue weighted by Gasteiger charge is 2.24. The number of hydrogen-bond acceptors (Lipinski definition) is 7. The molecule has 0 heterocycles. The molecule has 0 aromatic rings. The van der Waals surface area contributed by atoms with E-state index in [4.69, 9.17) is 24.3 Å². The molecule has 8 nitrogen and oxygen atoms in total. The molecule has 9 heteroatoms. The summed E-state index contributed by atoms with van der Waals surface area (Å²) in [5, 5.41) is 0. The summed E-state index contributed by atoms with van der Waals surface area (Å²) in [6.45, 7) is 4.37. The van der Waals surface area contributed by atoms with Crippen LogP contribution in [0.1, 0.15) is 168 Å². The SMILES string of the molecule is CCCCCCCCCCCCCCCCCCCCCCCCCOCC(COP(=O)(O)OCCN)OC(=O)CC. The van der Waals surface area contributed by atoms with Crippen molar-refractivity contribution in [2.24, 2.45) is 5.73 Å². The van der Waals surface area contributed by atoms with Gasteiger partial charge in [-0.2, -0.15) is 0 Å². The van der Waals surface area contributed by atoms with Gasteiger partial charge in [-0.15, -0.1) is 0 Å². The van der Waals surface area contributed by atoms with Gasteiger partial charge in [-0.3, -0.25) is 13.8 Å². The highest BCUT2D eigenvalue weighted by molar-refractivity contribution is 7.47. The lowest BCUT2D eigenvalue weighted by Gasteiger charge is -2.19. The lowest BCUT2D eigenvalue weighted by atomic mass is 10.0. The second-order valence-electron chi connectivity index (χ2n) is 11.7. The average molecular weight is 622 g/mol. The van der Waals surface area contributed by atoms with Gasteiger partial charge in [-0.25, -0.2) is 4.57 Å². The maximum absolute atomic E-state index is 11.8. The fourth-order valence-electron chi connectivity index (χ4n) is 4.97. The molecule has 3 N–H and O–H groups in total. The Hall–Kier alpha value is -0.500. The molecule has 42 heavy (non-hydrogen) atoms. The number of rotatable bonds is 34. The van der Waals surface area contributed by atoms with Gasteiger partial charge < -0.3 is 20.1 Å². The molecule has 0 spiro atoms. The normalized spacial score (nSPS) is 13.7. The Balaban J connectivity index is 3.49. The number of nitrogens with two attached hydrogens (primary N) is 1. The number of unbranched alkanes of at least 4 members (excludes halogenated alkanes) is 22. The highest BCUT2D eigenvalue weighted by atomic mass is 31.2. The average Bonchev–Trinajstić information content (AvgIpc) is 2.98. The molecule has 0 bridgehead atoms. The molecular weight excluding hydrogens is 553 g/mol. The molecular formula is C33H68NO7P. The summed E-state index contributed by atoms with van der Waals surface area (Å²) in [5.41, 5.74) is 5.27. The smallest absolute Gasteiger partial charge is 0.457 e. The van der Waals surface area contributed by atoms with Crippen molar-refractivity contribution in [1.29, 1.82) is 0 Å². The highest BCUT2D eigenvalue weighted by Crippen LogP contribution is 2.43. The van der Waals surface area contributed by atoms with Crippen LogP contribution >= 0.6 is 7.82 Å². The van der Waals surface area contributed by atoms with Crippen LogP contribution < -0.4 is 5.73 Å². The molecule has 0 aromatic carbocycles. The first kappa shape index (κ1) is 41.5. The molecule has 0 radical (unpaired) electrons. The molecule has 0 saturated heterocycles. The van der Waals surface area contributed by atoms with E-state index in [1.54, 1.807) is 6.92 Å². The standard InChI is InChI=1S/C33H68NO7P/c1-3-5-6-7-8-9-10-11-12-13-14-15-16-17-18-19-20-21-22-23-24-25-26-28-38-30-32(41-33(35)4-2)31-40-42(36,37)39-29-27-34/h32H,3-31,34H2,1-2H3,(H,36,37). The Labute approximate surface area is 259 Å². The molecule has 0 aliphatic rings. The maximum Gasteiger partial charge on any atom is 0.472 e. The molecule has 0 aliphatic carbocycles. The summed E-state index contributed by atoms with van der Waals surface area (Å²) in [7, 11) is -4.23. The van der Waals surface area contributed by atoms with Crippen LogP contribution in [0.25, 0.3) is 0 Å². The van der Waals surface area contributed by atoms with E-state index in [9.17, 15) is 14.3 Å². The van der Waals surface area contributed by atoms with Crippen LogP contribution in [0.3, 0.4) is 0 Å². The summed E-state index contributed by atoms with van der Waals surface area (Å²) < 4.78 is 32.3. The van der Waals surface area contributed by atoms with E-state index < -0.39 is 19.9 Å². The number of ether oxygens (including phenoxy) is 2. The fourth-order valence-corrected chi connectivity index (χ4v) is 5.74. The Morgan fingerprint density at radius 2 is 1.02 bits per heavy atom. The van der Waals surface area contributed by atoms with Crippen LogP contribution in [0.5, 0.6) is 0 Å². The Bertz CT molecular complexity index is 623. The zero-order valence-corrected chi connectivity index (χ0v) is 28.4. The van der Waals surface area contributed by atoms with Crippen LogP contribution in [0, 0.1) is 0 Å². The van der Waals surface area contributed by atoms with Crippen LogP contribution in [-0.4, -0.2) is 49.9 Å². The van der Waals surface area contributed by atoms with Crippen molar-refractivity contribution in [1.82, 2.24) is 0 Å². The molecule has 0 saturated carbocycles. The quantitative estimate of drug-likeness (QED) is 0.0414. The summed E-state index contributed by atoms with van der Waals surface area (Å²) >= 11 is 0. The minimum absolute atomic E-state index is 0.0940. The topological polar surface area (TPSA) is 117 Å². The minimum atomic E-state index is -4.23. The second kappa shape index (κ2) is 31.9. The van der Waals surface area contributed by atoms with E-state index in [-0.39, 0.29) is 32.8 Å². The largest absolute Gasteiger partial charge is 0.472 e. The van der Waals surface area contributed by atoms with E-state index in [1.807, 2.05) is 0 Å². The van der Waals surface area contributed by atoms with Gasteiger partial charge in [0.15, 0.2) is 0 Å². The monoisotopic (exact) mass is 621 g/mol. The first-order valence-electron chi connectivity index (χ1n) is 17.5. The van der Waals surface area contributed by atoms with Crippen molar-refractivity contribution >= 4 is 13.8 Å². The van der Waals surface area contributed by atoms with Gasteiger partial charge in [0, 0.05) is 19.6 Å². The first-order chi connectivity index (χ1) is 20.4. The molecule has 0 rings (SSSR count). The van der Waals surface area contributed by atoms with Gasteiger partial charge in [-0.05, 0) is 6.42 Å². The van der Waals surface area contributed by atoms with Crippen LogP contribution in [0.15, 0.2) is 0 Å². The molecule has 252 valence electrons. The van der Waals surface area contributed by atoms with Crippen LogP contribution in [0.4, 0.5) is 0 Å². The number of carbonyl (C=O) groups excluding carboxylic acids is 1. The van der Waals surface area contributed by atoms with E-state index in [0.717, 1.165) is 12.8 Å². The third-order valence-corrected chi connectivity index (χ3v) is 8.56.